The van der Waals surface area contributed by atoms with Gasteiger partial charge in [-0.25, -0.2) is 22.9 Å². The van der Waals surface area contributed by atoms with Crippen LogP contribution >= 0.6 is 23.2 Å². The molecule has 39 heavy (non-hydrogen) atoms. The van der Waals surface area contributed by atoms with Gasteiger partial charge in [-0.05, 0) is 24.3 Å². The molecule has 4 heterocycles. The molecule has 3 aromatic rings. The number of benzene rings is 1. The molecule has 13 heteroatoms. The van der Waals surface area contributed by atoms with Crippen molar-refractivity contribution in [2.24, 2.45) is 16.8 Å². The number of hydrogen-bond donors (Lipinski definition) is 2. The molecule has 2 aromatic heterocycles. The van der Waals surface area contributed by atoms with Gasteiger partial charge in [0.25, 0.3) is 0 Å². The molecule has 8 nitrogen and oxygen atoms in total. The number of aliphatic imine (C=N–C) groups is 1. The van der Waals surface area contributed by atoms with Crippen LogP contribution in [0.15, 0.2) is 15.9 Å². The van der Waals surface area contributed by atoms with Gasteiger partial charge in [0, 0.05) is 44.0 Å². The quantitative estimate of drug-likeness (QED) is 0.259. The van der Waals surface area contributed by atoms with E-state index in [4.69, 9.17) is 33.9 Å². The van der Waals surface area contributed by atoms with Crippen LogP contribution in [0.4, 0.5) is 24.7 Å². The number of nitrogens with one attached hydrogen (secondary N) is 1. The molecule has 2 aliphatic rings. The zero-order valence-corrected chi connectivity index (χ0v) is 23.2. The Morgan fingerprint density at radius 1 is 1.10 bits per heavy atom. The minimum absolute atomic E-state index is 0.00553. The van der Waals surface area contributed by atoms with E-state index in [0.717, 1.165) is 12.1 Å². The fourth-order valence-corrected chi connectivity index (χ4v) is 5.96. The van der Waals surface area contributed by atoms with Gasteiger partial charge in [-0.3, -0.25) is 9.56 Å². The van der Waals surface area contributed by atoms with Crippen LogP contribution in [0.3, 0.4) is 0 Å². The maximum Gasteiger partial charge on any atom is 0.351 e. The number of pyridine rings is 1. The van der Waals surface area contributed by atoms with Crippen LogP contribution < -0.4 is 21.6 Å². The van der Waals surface area contributed by atoms with Gasteiger partial charge >= 0.3 is 5.69 Å². The summed E-state index contributed by atoms with van der Waals surface area (Å²) in [5.41, 5.74) is 4.42. The summed E-state index contributed by atoms with van der Waals surface area (Å²) in [6.07, 6.45) is 0.722. The number of piperazine rings is 1. The predicted octanol–water partition coefficient (Wildman–Crippen LogP) is 4.85. The molecule has 2 aliphatic heterocycles. The van der Waals surface area contributed by atoms with Crippen molar-refractivity contribution in [1.29, 1.82) is 0 Å². The summed E-state index contributed by atoms with van der Waals surface area (Å²) < 4.78 is 46.1. The van der Waals surface area contributed by atoms with E-state index in [1.54, 1.807) is 0 Å². The largest absolute Gasteiger partial charge is 0.395 e. The number of nitrogens with two attached hydrogens (primary N) is 1. The Bertz CT molecular complexity index is 1520. The minimum atomic E-state index is -1.47. The lowest BCUT2D eigenvalue weighted by molar-refractivity contribution is 0.385. The first-order chi connectivity index (χ1) is 18.5. The summed E-state index contributed by atoms with van der Waals surface area (Å²) in [5, 5.41) is 2.28. The number of halogens is 5. The highest BCUT2D eigenvalue weighted by molar-refractivity contribution is 6.41. The third-order valence-electron chi connectivity index (χ3n) is 7.37. The lowest BCUT2D eigenvalue weighted by atomic mass is 9.86. The van der Waals surface area contributed by atoms with Crippen molar-refractivity contribution in [3.8, 4) is 11.3 Å². The Hall–Kier alpha value is -2.89. The van der Waals surface area contributed by atoms with Gasteiger partial charge in [0.15, 0.2) is 11.6 Å². The van der Waals surface area contributed by atoms with Crippen molar-refractivity contribution in [1.82, 2.24) is 19.9 Å². The third-order valence-corrected chi connectivity index (χ3v) is 8.12. The second-order valence-electron chi connectivity index (χ2n) is 10.2. The van der Waals surface area contributed by atoms with Crippen molar-refractivity contribution >= 4 is 51.5 Å². The molecule has 0 amide bonds. The van der Waals surface area contributed by atoms with E-state index in [9.17, 15) is 13.6 Å². The normalized spacial score (nSPS) is 20.1. The first-order valence-corrected chi connectivity index (χ1v) is 13.5. The first-order valence-electron chi connectivity index (χ1n) is 12.8. The van der Waals surface area contributed by atoms with Crippen LogP contribution in [-0.2, 0) is 0 Å². The Morgan fingerprint density at radius 2 is 1.79 bits per heavy atom. The molecule has 0 spiro atoms. The van der Waals surface area contributed by atoms with E-state index >= 15 is 4.39 Å². The summed E-state index contributed by atoms with van der Waals surface area (Å²) in [6.45, 7) is 9.02. The highest BCUT2D eigenvalue weighted by atomic mass is 35.5. The molecular weight excluding hydrogens is 554 g/mol. The SMILES string of the molecule is CC(C)C1=NCC[C@@H](C)C1n1c(=O)nc(N2CCNCC2)c2cc(F)c(-c3c(Cl)c(N)c(F)c(F)c3Cl)nc21. The van der Waals surface area contributed by atoms with Gasteiger partial charge in [0.05, 0.1) is 27.2 Å². The van der Waals surface area contributed by atoms with Crippen molar-refractivity contribution in [3.63, 3.8) is 0 Å². The maximum absolute atomic E-state index is 15.8. The lowest BCUT2D eigenvalue weighted by Crippen LogP contribution is -2.46. The summed E-state index contributed by atoms with van der Waals surface area (Å²) >= 11 is 12.4. The Morgan fingerprint density at radius 3 is 2.46 bits per heavy atom. The summed E-state index contributed by atoms with van der Waals surface area (Å²) in [7, 11) is 0. The number of fused-ring (bicyclic) bond motifs is 1. The van der Waals surface area contributed by atoms with Crippen LogP contribution in [0.5, 0.6) is 0 Å². The molecule has 0 aliphatic carbocycles. The molecule has 0 radical (unpaired) electrons. The Labute approximate surface area is 233 Å². The van der Waals surface area contributed by atoms with E-state index < -0.39 is 56.2 Å². The molecule has 1 unspecified atom stereocenters. The number of nitrogen functional groups attached to an aromatic ring is 1. The Kier molecular flexibility index (Phi) is 7.51. The molecule has 2 atom stereocenters. The van der Waals surface area contributed by atoms with Crippen molar-refractivity contribution in [3.05, 3.63) is 44.0 Å². The second-order valence-corrected chi connectivity index (χ2v) is 11.0. The first kappa shape index (κ1) is 27.7. The van der Waals surface area contributed by atoms with Crippen molar-refractivity contribution in [2.75, 3.05) is 43.4 Å². The van der Waals surface area contributed by atoms with Gasteiger partial charge in [-0.2, -0.15) is 4.98 Å². The highest BCUT2D eigenvalue weighted by Crippen LogP contribution is 2.43. The average Bonchev–Trinajstić information content (AvgIpc) is 2.92. The highest BCUT2D eigenvalue weighted by Gasteiger charge is 2.34. The summed E-state index contributed by atoms with van der Waals surface area (Å²) in [5.74, 6) is -3.52. The fraction of sp³-hybridized carbons (Fsp3) is 0.462. The molecule has 1 aromatic carbocycles. The molecule has 1 fully saturated rings. The number of anilines is 2. The van der Waals surface area contributed by atoms with E-state index in [1.165, 1.54) is 10.6 Å². The predicted molar refractivity (Wildman–Crippen MR) is 149 cm³/mol. The molecule has 1 saturated heterocycles. The number of nitrogens with zero attached hydrogens (tertiary/aromatic N) is 5. The smallest absolute Gasteiger partial charge is 0.351 e. The lowest BCUT2D eigenvalue weighted by Gasteiger charge is -2.34. The molecular formula is C26H28Cl2F3N7O. The second kappa shape index (κ2) is 10.6. The molecule has 5 rings (SSSR count). The average molecular weight is 582 g/mol. The van der Waals surface area contributed by atoms with Crippen LogP contribution in [0, 0.1) is 29.3 Å². The zero-order chi connectivity index (χ0) is 28.2. The van der Waals surface area contributed by atoms with Crippen molar-refractivity contribution < 1.29 is 13.2 Å². The number of aromatic nitrogens is 3. The van der Waals surface area contributed by atoms with Crippen LogP contribution in [-0.4, -0.2) is 53.0 Å². The van der Waals surface area contributed by atoms with Gasteiger partial charge < -0.3 is 16.0 Å². The standard InChI is InChI=1S/C26H28Cl2F3N7O/c1-11(2)21-23(12(3)4-5-34-21)38-25-13(24(36-26(38)39)37-8-6-33-7-9-37)10-14(29)22(35-25)15-16(27)18(30)19(31)20(32)17(15)28/h10-12,23,33H,4-9,32H2,1-3H3/t12-,23?/m1/s1. The van der Waals surface area contributed by atoms with Gasteiger partial charge in [0.2, 0.25) is 0 Å². The van der Waals surface area contributed by atoms with E-state index in [2.05, 4.69) is 15.3 Å². The van der Waals surface area contributed by atoms with Gasteiger partial charge in [-0.1, -0.05) is 44.0 Å². The molecule has 0 bridgehead atoms. The molecule has 3 N–H and O–H groups in total. The summed E-state index contributed by atoms with van der Waals surface area (Å²) in [6, 6.07) is 0.687. The Balaban J connectivity index is 1.88. The minimum Gasteiger partial charge on any atom is -0.395 e. The number of rotatable bonds is 4. The molecule has 0 saturated carbocycles. The van der Waals surface area contributed by atoms with Crippen LogP contribution in [0.25, 0.3) is 22.3 Å². The van der Waals surface area contributed by atoms with Gasteiger partial charge in [0.1, 0.15) is 23.0 Å². The third kappa shape index (κ3) is 4.64. The van der Waals surface area contributed by atoms with E-state index in [1.807, 2.05) is 25.7 Å². The van der Waals surface area contributed by atoms with Crippen LogP contribution in [0.2, 0.25) is 10.0 Å². The van der Waals surface area contributed by atoms with E-state index in [0.29, 0.717) is 43.9 Å². The zero-order valence-electron chi connectivity index (χ0n) is 21.7. The topological polar surface area (TPSA) is 101 Å². The maximum atomic E-state index is 15.8. The fourth-order valence-electron chi connectivity index (χ4n) is 5.38. The summed E-state index contributed by atoms with van der Waals surface area (Å²) in [4.78, 5) is 29.3. The van der Waals surface area contributed by atoms with Crippen LogP contribution in [0.1, 0.15) is 33.2 Å². The number of hydrogen-bond acceptors (Lipinski definition) is 7. The molecule has 208 valence electrons. The van der Waals surface area contributed by atoms with Crippen molar-refractivity contribution in [2.45, 2.75) is 33.2 Å². The monoisotopic (exact) mass is 581 g/mol. The van der Waals surface area contributed by atoms with E-state index in [-0.39, 0.29) is 17.5 Å². The van der Waals surface area contributed by atoms with Gasteiger partial charge in [-0.15, -0.1) is 0 Å².